The highest BCUT2D eigenvalue weighted by Gasteiger charge is 2.28. The number of unbranched alkanes of at least 4 members (excludes halogenated alkanes) is 2. The van der Waals surface area contributed by atoms with Crippen LogP contribution in [0.3, 0.4) is 0 Å². The molecule has 4 heteroatoms. The van der Waals surface area contributed by atoms with Crippen LogP contribution in [0.5, 0.6) is 0 Å². The Morgan fingerprint density at radius 2 is 2.22 bits per heavy atom. The highest BCUT2D eigenvalue weighted by molar-refractivity contribution is 5.78. The molecule has 0 radical (unpaired) electrons. The van der Waals surface area contributed by atoms with Gasteiger partial charge in [0.2, 0.25) is 5.91 Å². The first-order valence-electron chi connectivity index (χ1n) is 6.48. The van der Waals surface area contributed by atoms with Crippen LogP contribution in [0.15, 0.2) is 0 Å². The molecule has 1 atom stereocenters. The number of hydrogen-bond donors (Lipinski definition) is 0. The molecule has 0 spiro atoms. The summed E-state index contributed by atoms with van der Waals surface area (Å²) in [7, 11) is 1.39. The van der Waals surface area contributed by atoms with E-state index in [4.69, 9.17) is 11.2 Å². The second kappa shape index (κ2) is 7.75. The third-order valence-electron chi connectivity index (χ3n) is 3.27. The second-order valence-corrected chi connectivity index (χ2v) is 4.61. The van der Waals surface area contributed by atoms with E-state index in [-0.39, 0.29) is 17.8 Å². The van der Waals surface area contributed by atoms with Crippen LogP contribution in [0.25, 0.3) is 0 Å². The van der Waals surface area contributed by atoms with Gasteiger partial charge in [0.05, 0.1) is 13.0 Å². The molecule has 0 aromatic heterocycles. The van der Waals surface area contributed by atoms with E-state index < -0.39 is 0 Å². The van der Waals surface area contributed by atoms with Crippen LogP contribution in [0.2, 0.25) is 0 Å². The molecule has 0 aromatic carbocycles. The minimum atomic E-state index is -0.208. The third-order valence-corrected chi connectivity index (χ3v) is 3.27. The molecule has 4 nitrogen and oxygen atoms in total. The van der Waals surface area contributed by atoms with Crippen molar-refractivity contribution in [3.63, 3.8) is 0 Å². The van der Waals surface area contributed by atoms with Crippen molar-refractivity contribution >= 4 is 11.9 Å². The van der Waals surface area contributed by atoms with Gasteiger partial charge in [-0.2, -0.15) is 0 Å². The molecule has 0 saturated carbocycles. The van der Waals surface area contributed by atoms with Crippen molar-refractivity contribution in [2.45, 2.75) is 38.5 Å². The number of amides is 1. The molecule has 1 amide bonds. The van der Waals surface area contributed by atoms with Gasteiger partial charge >= 0.3 is 5.97 Å². The smallest absolute Gasteiger partial charge is 0.310 e. The second-order valence-electron chi connectivity index (χ2n) is 4.61. The number of rotatable bonds is 5. The maximum atomic E-state index is 11.9. The van der Waals surface area contributed by atoms with Gasteiger partial charge in [0, 0.05) is 25.9 Å². The molecule has 0 aromatic rings. The lowest BCUT2D eigenvalue weighted by atomic mass is 9.98. The molecule has 0 bridgehead atoms. The van der Waals surface area contributed by atoms with Gasteiger partial charge in [-0.05, 0) is 25.7 Å². The van der Waals surface area contributed by atoms with E-state index in [1.807, 2.05) is 0 Å². The fourth-order valence-electron chi connectivity index (χ4n) is 2.22. The molecule has 1 unspecified atom stereocenters. The summed E-state index contributed by atoms with van der Waals surface area (Å²) in [6, 6.07) is 0. The number of carbonyl (C=O) groups excluding carboxylic acids is 2. The van der Waals surface area contributed by atoms with Crippen molar-refractivity contribution < 1.29 is 14.3 Å². The Hall–Kier alpha value is -1.50. The van der Waals surface area contributed by atoms with E-state index in [1.54, 1.807) is 4.90 Å². The predicted octanol–water partition coefficient (Wildman–Crippen LogP) is 1.59. The van der Waals surface area contributed by atoms with Gasteiger partial charge in [0.25, 0.3) is 0 Å². The molecule has 1 fully saturated rings. The Balaban J connectivity index is 2.34. The number of likely N-dealkylation sites (tertiary alicyclic amines) is 1. The average Bonchev–Trinajstić information content (AvgIpc) is 2.42. The largest absolute Gasteiger partial charge is 0.469 e. The first-order valence-corrected chi connectivity index (χ1v) is 6.48. The quantitative estimate of drug-likeness (QED) is 0.423. The number of carbonyl (C=O) groups is 2. The van der Waals surface area contributed by atoms with Crippen LogP contribution in [-0.4, -0.2) is 37.0 Å². The monoisotopic (exact) mass is 251 g/mol. The molecule has 1 aliphatic heterocycles. The Kier molecular flexibility index (Phi) is 6.27. The number of hydrogen-bond acceptors (Lipinski definition) is 3. The van der Waals surface area contributed by atoms with Gasteiger partial charge in [0.15, 0.2) is 0 Å². The van der Waals surface area contributed by atoms with Gasteiger partial charge in [-0.25, -0.2) is 0 Å². The lowest BCUT2D eigenvalue weighted by molar-refractivity contribution is -0.149. The van der Waals surface area contributed by atoms with E-state index in [0.717, 1.165) is 38.6 Å². The third kappa shape index (κ3) is 4.40. The van der Waals surface area contributed by atoms with E-state index in [2.05, 4.69) is 5.92 Å². The molecule has 1 heterocycles. The van der Waals surface area contributed by atoms with Crippen LogP contribution < -0.4 is 0 Å². The van der Waals surface area contributed by atoms with Crippen molar-refractivity contribution in [1.82, 2.24) is 4.90 Å². The van der Waals surface area contributed by atoms with E-state index in [1.165, 1.54) is 7.11 Å². The normalized spacial score (nSPS) is 19.1. The minimum absolute atomic E-state index is 0.126. The maximum Gasteiger partial charge on any atom is 0.310 e. The predicted molar refractivity (Wildman–Crippen MR) is 68.6 cm³/mol. The van der Waals surface area contributed by atoms with Crippen molar-refractivity contribution in [2.75, 3.05) is 20.2 Å². The van der Waals surface area contributed by atoms with E-state index in [0.29, 0.717) is 13.0 Å². The lowest BCUT2D eigenvalue weighted by Crippen LogP contribution is -2.42. The minimum Gasteiger partial charge on any atom is -0.469 e. The summed E-state index contributed by atoms with van der Waals surface area (Å²) < 4.78 is 4.73. The van der Waals surface area contributed by atoms with Crippen LogP contribution in [0.1, 0.15) is 38.5 Å². The number of nitrogens with zero attached hydrogens (tertiary/aromatic N) is 1. The molecule has 1 aliphatic rings. The van der Waals surface area contributed by atoms with Gasteiger partial charge < -0.3 is 9.64 Å². The van der Waals surface area contributed by atoms with Gasteiger partial charge in [-0.15, -0.1) is 12.3 Å². The van der Waals surface area contributed by atoms with Crippen molar-refractivity contribution in [1.29, 1.82) is 0 Å². The zero-order valence-electron chi connectivity index (χ0n) is 11.0. The number of esters is 1. The first-order chi connectivity index (χ1) is 8.69. The van der Waals surface area contributed by atoms with Gasteiger partial charge in [-0.1, -0.05) is 0 Å². The fourth-order valence-corrected chi connectivity index (χ4v) is 2.22. The SMILES string of the molecule is C#CCCCCC(=O)N1CCCC(C(=O)OC)C1. The lowest BCUT2D eigenvalue weighted by Gasteiger charge is -2.31. The Morgan fingerprint density at radius 1 is 1.44 bits per heavy atom. The van der Waals surface area contributed by atoms with Crippen molar-refractivity contribution in [3.8, 4) is 12.3 Å². The maximum absolute atomic E-state index is 11.9. The number of piperidine rings is 1. The van der Waals surface area contributed by atoms with Crippen LogP contribution in [0.4, 0.5) is 0 Å². The number of terminal acetylenes is 1. The summed E-state index contributed by atoms with van der Waals surface area (Å²) in [5.74, 6) is 2.33. The zero-order valence-corrected chi connectivity index (χ0v) is 11.0. The average molecular weight is 251 g/mol. The first kappa shape index (κ1) is 14.6. The molecular formula is C14H21NO3. The Bertz CT molecular complexity index is 332. The summed E-state index contributed by atoms with van der Waals surface area (Å²) in [5.41, 5.74) is 0. The fraction of sp³-hybridized carbons (Fsp3) is 0.714. The summed E-state index contributed by atoms with van der Waals surface area (Å²) in [6.07, 6.45) is 9.79. The summed E-state index contributed by atoms with van der Waals surface area (Å²) >= 11 is 0. The van der Waals surface area contributed by atoms with Gasteiger partial charge in [-0.3, -0.25) is 9.59 Å². The molecule has 100 valence electrons. The zero-order chi connectivity index (χ0) is 13.4. The molecule has 1 rings (SSSR count). The number of ether oxygens (including phenoxy) is 1. The van der Waals surface area contributed by atoms with Crippen LogP contribution in [-0.2, 0) is 14.3 Å². The summed E-state index contributed by atoms with van der Waals surface area (Å²) in [5, 5.41) is 0. The van der Waals surface area contributed by atoms with Crippen molar-refractivity contribution in [2.24, 2.45) is 5.92 Å². The van der Waals surface area contributed by atoms with Crippen molar-refractivity contribution in [3.05, 3.63) is 0 Å². The molecule has 1 saturated heterocycles. The molecule has 0 N–H and O–H groups in total. The van der Waals surface area contributed by atoms with E-state index in [9.17, 15) is 9.59 Å². The summed E-state index contributed by atoms with van der Waals surface area (Å²) in [4.78, 5) is 25.2. The highest BCUT2D eigenvalue weighted by Crippen LogP contribution is 2.18. The highest BCUT2D eigenvalue weighted by atomic mass is 16.5. The molecule has 0 aliphatic carbocycles. The molecule has 18 heavy (non-hydrogen) atoms. The van der Waals surface area contributed by atoms with Gasteiger partial charge in [0.1, 0.15) is 0 Å². The standard InChI is InChI=1S/C14H21NO3/c1-3-4-5-6-9-13(16)15-10-7-8-12(11-15)14(17)18-2/h1,12H,4-11H2,2H3. The number of methoxy groups -OCH3 is 1. The Labute approximate surface area is 109 Å². The van der Waals surface area contributed by atoms with Crippen LogP contribution in [0, 0.1) is 18.3 Å². The topological polar surface area (TPSA) is 46.6 Å². The van der Waals surface area contributed by atoms with E-state index >= 15 is 0 Å². The Morgan fingerprint density at radius 3 is 2.89 bits per heavy atom. The molecular weight excluding hydrogens is 230 g/mol. The summed E-state index contributed by atoms with van der Waals surface area (Å²) in [6.45, 7) is 1.25. The van der Waals surface area contributed by atoms with Crippen LogP contribution >= 0.6 is 0 Å².